The number of allylic oxidation sites excluding steroid dienone is 1. The van der Waals surface area contributed by atoms with Crippen molar-refractivity contribution in [2.45, 2.75) is 59.8 Å². The maximum Gasteiger partial charge on any atom is 0.379 e. The summed E-state index contributed by atoms with van der Waals surface area (Å²) in [6.45, 7) is 12.0. The molecule has 1 atom stereocenters. The predicted octanol–water partition coefficient (Wildman–Crippen LogP) is 7.30. The topological polar surface area (TPSA) is 82.1 Å². The van der Waals surface area contributed by atoms with Crippen LogP contribution in [0.4, 0.5) is 0 Å². The third-order valence-electron chi connectivity index (χ3n) is 5.53. The molecule has 2 rings (SSSR count). The van der Waals surface area contributed by atoms with Gasteiger partial charge in [0.2, 0.25) is 0 Å². The minimum Gasteiger partial charge on any atom is -0.507 e. The van der Waals surface area contributed by atoms with Crippen LogP contribution in [0.25, 0.3) is 16.7 Å². The summed E-state index contributed by atoms with van der Waals surface area (Å²) in [5, 5.41) is 11.1. The fourth-order valence-corrected chi connectivity index (χ4v) is 4.99. The zero-order valence-corrected chi connectivity index (χ0v) is 21.9. The van der Waals surface area contributed by atoms with Crippen LogP contribution in [0.3, 0.4) is 0 Å². The maximum absolute atomic E-state index is 13.5. The summed E-state index contributed by atoms with van der Waals surface area (Å²) in [6.07, 6.45) is 3.61. The van der Waals surface area contributed by atoms with Gasteiger partial charge in [-0.15, -0.1) is 0 Å². The van der Waals surface area contributed by atoms with E-state index in [4.69, 9.17) is 13.8 Å². The number of hydrogen-bond acceptors (Lipinski definition) is 6. The molecule has 0 aliphatic rings. The van der Waals surface area contributed by atoms with E-state index in [1.807, 2.05) is 38.1 Å². The van der Waals surface area contributed by atoms with Crippen LogP contribution in [0.15, 0.2) is 36.9 Å². The van der Waals surface area contributed by atoms with Crippen molar-refractivity contribution in [3.63, 3.8) is 0 Å². The van der Waals surface area contributed by atoms with Crippen LogP contribution in [0.1, 0.15) is 63.1 Å². The van der Waals surface area contributed by atoms with Gasteiger partial charge in [0.1, 0.15) is 11.5 Å². The van der Waals surface area contributed by atoms with E-state index in [-0.39, 0.29) is 30.7 Å². The van der Waals surface area contributed by atoms with E-state index < -0.39 is 13.6 Å². The van der Waals surface area contributed by atoms with Crippen LogP contribution < -0.4 is 4.52 Å². The van der Waals surface area contributed by atoms with Crippen LogP contribution in [0.2, 0.25) is 0 Å². The highest BCUT2D eigenvalue weighted by Crippen LogP contribution is 2.53. The number of aryl methyl sites for hydroxylation is 2. The van der Waals surface area contributed by atoms with E-state index in [1.165, 1.54) is 7.11 Å². The smallest absolute Gasteiger partial charge is 0.379 e. The van der Waals surface area contributed by atoms with Gasteiger partial charge in [-0.1, -0.05) is 55.7 Å². The zero-order chi connectivity index (χ0) is 25.3. The minimum atomic E-state index is -3.70. The molecule has 0 fully saturated rings. The maximum atomic E-state index is 13.5. The molecule has 0 bridgehead atoms. The molecule has 6 nitrogen and oxygen atoms in total. The van der Waals surface area contributed by atoms with Crippen molar-refractivity contribution in [2.75, 3.05) is 19.9 Å². The largest absolute Gasteiger partial charge is 0.507 e. The number of esters is 1. The molecule has 7 heteroatoms. The predicted molar refractivity (Wildman–Crippen MR) is 138 cm³/mol. The van der Waals surface area contributed by atoms with Crippen molar-refractivity contribution in [3.8, 4) is 22.6 Å². The van der Waals surface area contributed by atoms with Crippen LogP contribution in [0.5, 0.6) is 11.5 Å². The Hall–Kier alpha value is -2.56. The number of phenols is 1. The van der Waals surface area contributed by atoms with Gasteiger partial charge in [0, 0.05) is 7.11 Å². The van der Waals surface area contributed by atoms with Gasteiger partial charge in [0.05, 0.1) is 24.8 Å². The summed E-state index contributed by atoms with van der Waals surface area (Å²) in [7, 11) is -2.41. The van der Waals surface area contributed by atoms with Gasteiger partial charge in [-0.25, -0.2) is 4.57 Å². The van der Waals surface area contributed by atoms with E-state index in [2.05, 4.69) is 13.5 Å². The molecule has 2 aromatic rings. The molecule has 0 saturated heterocycles. The molecule has 2 aromatic carbocycles. The van der Waals surface area contributed by atoms with Crippen LogP contribution in [-0.2, 0) is 25.0 Å². The lowest BCUT2D eigenvalue weighted by Crippen LogP contribution is -2.09. The summed E-state index contributed by atoms with van der Waals surface area (Å²) < 4.78 is 29.7. The fraction of sp³-hybridized carbons (Fsp3) is 0.444. The summed E-state index contributed by atoms with van der Waals surface area (Å²) in [4.78, 5) is 11.9. The lowest BCUT2D eigenvalue weighted by molar-refractivity contribution is -0.142. The third kappa shape index (κ3) is 7.48. The van der Waals surface area contributed by atoms with E-state index in [9.17, 15) is 14.5 Å². The summed E-state index contributed by atoms with van der Waals surface area (Å²) in [5.41, 5.74) is 4.70. The normalized spacial score (nSPS) is 12.7. The van der Waals surface area contributed by atoms with Gasteiger partial charge in [0.25, 0.3) is 0 Å². The number of phenolic OH excluding ortho intramolecular Hbond substituents is 1. The molecule has 0 heterocycles. The van der Waals surface area contributed by atoms with Gasteiger partial charge in [0.15, 0.2) is 0 Å². The molecule has 34 heavy (non-hydrogen) atoms. The van der Waals surface area contributed by atoms with Crippen molar-refractivity contribution >= 4 is 19.1 Å². The molecule has 1 N–H and O–H groups in total. The lowest BCUT2D eigenvalue weighted by atomic mass is 9.91. The molecule has 1 unspecified atom stereocenters. The van der Waals surface area contributed by atoms with Crippen molar-refractivity contribution in [3.05, 3.63) is 53.6 Å². The summed E-state index contributed by atoms with van der Waals surface area (Å²) in [6, 6.07) is 9.41. The van der Waals surface area contributed by atoms with Gasteiger partial charge < -0.3 is 18.9 Å². The Balaban J connectivity index is 2.59. The molecule has 186 valence electrons. The first kappa shape index (κ1) is 27.7. The van der Waals surface area contributed by atoms with Crippen LogP contribution in [0, 0.1) is 6.92 Å². The fourth-order valence-electron chi connectivity index (χ4n) is 3.74. The summed E-state index contributed by atoms with van der Waals surface area (Å²) in [5.74, 6) is -0.179. The highest BCUT2D eigenvalue weighted by atomic mass is 31.2. The molecule has 0 aliphatic heterocycles. The number of unbranched alkanes of at least 4 members (excludes halogenated alkanes) is 2. The first-order chi connectivity index (χ1) is 16.1. The van der Waals surface area contributed by atoms with Crippen molar-refractivity contribution < 1.29 is 28.3 Å². The SMILES string of the molecule is C=C(C)c1ccc(C)cc1-c1c(O)cc(CCCCC)cc1OP(=O)(CCC(=O)OCC)OC. The van der Waals surface area contributed by atoms with Crippen molar-refractivity contribution in [1.82, 2.24) is 0 Å². The quantitative estimate of drug-likeness (QED) is 0.181. The molecule has 0 saturated carbocycles. The molecule has 0 amide bonds. The highest BCUT2D eigenvalue weighted by molar-refractivity contribution is 7.54. The monoisotopic (exact) mass is 488 g/mol. The highest BCUT2D eigenvalue weighted by Gasteiger charge is 2.29. The van der Waals surface area contributed by atoms with Crippen molar-refractivity contribution in [2.24, 2.45) is 0 Å². The Kier molecular flexibility index (Phi) is 10.4. The molecule has 0 aromatic heterocycles. The van der Waals surface area contributed by atoms with E-state index in [0.29, 0.717) is 5.56 Å². The van der Waals surface area contributed by atoms with Gasteiger partial charge in [-0.05, 0) is 62.4 Å². The number of carbonyl (C=O) groups is 1. The Labute approximate surface area is 203 Å². The van der Waals surface area contributed by atoms with E-state index >= 15 is 0 Å². The number of rotatable bonds is 13. The van der Waals surface area contributed by atoms with Crippen molar-refractivity contribution in [1.29, 1.82) is 0 Å². The number of carbonyl (C=O) groups excluding carboxylic acids is 1. The van der Waals surface area contributed by atoms with E-state index in [1.54, 1.807) is 13.0 Å². The zero-order valence-electron chi connectivity index (χ0n) is 21.0. The second kappa shape index (κ2) is 12.8. The Morgan fingerprint density at radius 1 is 1.15 bits per heavy atom. The summed E-state index contributed by atoms with van der Waals surface area (Å²) >= 11 is 0. The van der Waals surface area contributed by atoms with Crippen LogP contribution >= 0.6 is 7.60 Å². The number of benzene rings is 2. The van der Waals surface area contributed by atoms with Crippen LogP contribution in [-0.4, -0.2) is 31.0 Å². The second-order valence-corrected chi connectivity index (χ2v) is 10.7. The Bertz CT molecular complexity index is 1060. The molecular weight excluding hydrogens is 451 g/mol. The lowest BCUT2D eigenvalue weighted by Gasteiger charge is -2.22. The second-order valence-electron chi connectivity index (χ2n) is 8.44. The average Bonchev–Trinajstić information content (AvgIpc) is 2.78. The molecular formula is C27H37O6P. The third-order valence-corrected chi connectivity index (χ3v) is 7.33. The Morgan fingerprint density at radius 3 is 2.50 bits per heavy atom. The van der Waals surface area contributed by atoms with E-state index in [0.717, 1.165) is 53.5 Å². The number of hydrogen-bond donors (Lipinski definition) is 1. The van der Waals surface area contributed by atoms with Gasteiger partial charge in [-0.3, -0.25) is 4.79 Å². The first-order valence-electron chi connectivity index (χ1n) is 11.8. The molecule has 0 radical (unpaired) electrons. The van der Waals surface area contributed by atoms with Gasteiger partial charge in [-0.2, -0.15) is 0 Å². The van der Waals surface area contributed by atoms with Gasteiger partial charge >= 0.3 is 13.6 Å². The Morgan fingerprint density at radius 2 is 1.88 bits per heavy atom. The molecule has 0 aliphatic carbocycles. The first-order valence-corrected chi connectivity index (χ1v) is 13.5. The average molecular weight is 489 g/mol. The minimum absolute atomic E-state index is 0.0325. The standard InChI is InChI=1S/C27H37O6P/c1-7-9-10-11-21-17-24(28)27(23-16-20(5)12-13-22(23)19(3)4)25(18-21)33-34(30,31-6)15-14-26(29)32-8-2/h12-13,16-18,28H,3,7-11,14-15H2,1-2,4-6H3. The molecule has 0 spiro atoms. The number of aromatic hydroxyl groups is 1. The number of ether oxygens (including phenoxy) is 1.